The smallest absolute Gasteiger partial charge is 0.228 e. The van der Waals surface area contributed by atoms with E-state index in [9.17, 15) is 4.79 Å². The number of carbonyl (C=O) groups excluding carboxylic acids is 1. The van der Waals surface area contributed by atoms with E-state index in [4.69, 9.17) is 14.0 Å². The molecule has 1 heterocycles. The molecule has 7 nitrogen and oxygen atoms in total. The van der Waals surface area contributed by atoms with Crippen LogP contribution in [-0.4, -0.2) is 30.3 Å². The Balaban J connectivity index is 1.66. The first-order valence-corrected chi connectivity index (χ1v) is 7.57. The number of rotatable bonds is 6. The van der Waals surface area contributed by atoms with Gasteiger partial charge in [0.15, 0.2) is 0 Å². The molecule has 0 spiro atoms. The fourth-order valence-electron chi connectivity index (χ4n) is 2.38. The summed E-state index contributed by atoms with van der Waals surface area (Å²) in [6.07, 6.45) is 1.47. The van der Waals surface area contributed by atoms with Gasteiger partial charge < -0.3 is 19.3 Å². The molecule has 1 N–H and O–H groups in total. The first-order valence-electron chi connectivity index (χ1n) is 7.57. The summed E-state index contributed by atoms with van der Waals surface area (Å²) in [4.78, 5) is 16.3. The molecule has 3 aromatic rings. The Morgan fingerprint density at radius 3 is 2.56 bits per heavy atom. The topological polar surface area (TPSA) is 86.5 Å². The van der Waals surface area contributed by atoms with Crippen LogP contribution < -0.4 is 14.8 Å². The Hall–Kier alpha value is -3.35. The minimum absolute atomic E-state index is 0.143. The number of nitrogens with zero attached hydrogens (tertiary/aromatic N) is 2. The molecule has 1 aromatic heterocycles. The van der Waals surface area contributed by atoms with Crippen LogP contribution in [-0.2, 0) is 11.2 Å². The number of carbonyl (C=O) groups is 1. The Morgan fingerprint density at radius 2 is 1.92 bits per heavy atom. The van der Waals surface area contributed by atoms with Gasteiger partial charge in [0.1, 0.15) is 11.5 Å². The molecule has 0 saturated heterocycles. The van der Waals surface area contributed by atoms with Crippen molar-refractivity contribution >= 4 is 11.6 Å². The van der Waals surface area contributed by atoms with Crippen LogP contribution >= 0.6 is 0 Å². The molecule has 0 radical (unpaired) electrons. The Morgan fingerprint density at radius 1 is 1.12 bits per heavy atom. The predicted octanol–water partition coefficient (Wildman–Crippen LogP) is 2.94. The highest BCUT2D eigenvalue weighted by Gasteiger charge is 2.11. The van der Waals surface area contributed by atoms with Crippen LogP contribution in [0.15, 0.2) is 53.4 Å². The van der Waals surface area contributed by atoms with Crippen LogP contribution in [0.5, 0.6) is 11.5 Å². The molecule has 0 aliphatic rings. The second kappa shape index (κ2) is 7.48. The zero-order valence-electron chi connectivity index (χ0n) is 13.9. The maximum Gasteiger partial charge on any atom is 0.228 e. The van der Waals surface area contributed by atoms with Crippen molar-refractivity contribution in [2.75, 3.05) is 19.5 Å². The third-order valence-corrected chi connectivity index (χ3v) is 3.63. The summed E-state index contributed by atoms with van der Waals surface area (Å²) in [5.41, 5.74) is 2.28. The third-order valence-electron chi connectivity index (χ3n) is 3.63. The van der Waals surface area contributed by atoms with Crippen LogP contribution in [0.3, 0.4) is 0 Å². The molecule has 2 aromatic carbocycles. The van der Waals surface area contributed by atoms with Crippen molar-refractivity contribution in [2.24, 2.45) is 0 Å². The van der Waals surface area contributed by atoms with E-state index in [0.717, 1.165) is 11.1 Å². The minimum Gasteiger partial charge on any atom is -0.497 e. The molecular formula is C18H17N3O4. The first-order chi connectivity index (χ1) is 12.2. The zero-order chi connectivity index (χ0) is 17.6. The molecule has 0 bridgehead atoms. The summed E-state index contributed by atoms with van der Waals surface area (Å²) in [6, 6.07) is 12.6. The van der Waals surface area contributed by atoms with Crippen LogP contribution in [0, 0.1) is 0 Å². The lowest BCUT2D eigenvalue weighted by Crippen LogP contribution is -2.14. The highest BCUT2D eigenvalue weighted by molar-refractivity contribution is 5.92. The molecule has 0 aliphatic carbocycles. The van der Waals surface area contributed by atoms with Crippen LogP contribution in [0.1, 0.15) is 5.56 Å². The van der Waals surface area contributed by atoms with Gasteiger partial charge in [0.05, 0.1) is 20.6 Å². The molecule has 0 fully saturated rings. The molecule has 0 unspecified atom stereocenters. The summed E-state index contributed by atoms with van der Waals surface area (Å²) < 4.78 is 15.2. The summed E-state index contributed by atoms with van der Waals surface area (Å²) in [7, 11) is 3.15. The molecule has 1 amide bonds. The van der Waals surface area contributed by atoms with Gasteiger partial charge in [-0.15, -0.1) is 0 Å². The number of amides is 1. The van der Waals surface area contributed by atoms with Crippen molar-refractivity contribution < 1.29 is 18.8 Å². The molecule has 3 rings (SSSR count). The number of hydrogen-bond acceptors (Lipinski definition) is 6. The first kappa shape index (κ1) is 16.5. The van der Waals surface area contributed by atoms with E-state index in [1.54, 1.807) is 38.5 Å². The van der Waals surface area contributed by atoms with Gasteiger partial charge in [0.25, 0.3) is 0 Å². The molecule has 128 valence electrons. The number of hydrogen-bond donors (Lipinski definition) is 1. The Kier molecular flexibility index (Phi) is 4.94. The molecule has 0 aliphatic heterocycles. The summed E-state index contributed by atoms with van der Waals surface area (Å²) in [5, 5.41) is 6.62. The van der Waals surface area contributed by atoms with E-state index in [-0.39, 0.29) is 12.3 Å². The summed E-state index contributed by atoms with van der Waals surface area (Å²) in [5.74, 6) is 1.65. The standard InChI is InChI=1S/C18H17N3O4/c1-23-15-8-5-13(16(10-15)24-2)9-17(22)20-14-6-3-12(4-7-14)18-19-11-25-21-18/h3-8,10-11H,9H2,1-2H3,(H,20,22). The number of anilines is 1. The maximum atomic E-state index is 12.3. The average molecular weight is 339 g/mol. The second-order valence-electron chi connectivity index (χ2n) is 5.23. The van der Waals surface area contributed by atoms with E-state index >= 15 is 0 Å². The minimum atomic E-state index is -0.143. The van der Waals surface area contributed by atoms with E-state index in [0.29, 0.717) is 23.0 Å². The van der Waals surface area contributed by atoms with E-state index in [2.05, 4.69) is 15.5 Å². The van der Waals surface area contributed by atoms with Crippen molar-refractivity contribution in [1.82, 2.24) is 10.1 Å². The van der Waals surface area contributed by atoms with Crippen molar-refractivity contribution in [3.05, 3.63) is 54.4 Å². The third kappa shape index (κ3) is 3.95. The molecule has 25 heavy (non-hydrogen) atoms. The van der Waals surface area contributed by atoms with Crippen LogP contribution in [0.4, 0.5) is 5.69 Å². The monoisotopic (exact) mass is 339 g/mol. The van der Waals surface area contributed by atoms with Crippen LogP contribution in [0.25, 0.3) is 11.4 Å². The van der Waals surface area contributed by atoms with Gasteiger partial charge in [-0.2, -0.15) is 4.98 Å². The number of benzene rings is 2. The average Bonchev–Trinajstić information content (AvgIpc) is 3.17. The largest absolute Gasteiger partial charge is 0.497 e. The number of ether oxygens (including phenoxy) is 2. The van der Waals surface area contributed by atoms with E-state index < -0.39 is 0 Å². The second-order valence-corrected chi connectivity index (χ2v) is 5.23. The fraction of sp³-hybridized carbons (Fsp3) is 0.167. The van der Waals surface area contributed by atoms with Gasteiger partial charge in [-0.25, -0.2) is 0 Å². The van der Waals surface area contributed by atoms with Gasteiger partial charge in [0, 0.05) is 22.9 Å². The zero-order valence-corrected chi connectivity index (χ0v) is 13.9. The van der Waals surface area contributed by atoms with Gasteiger partial charge in [0.2, 0.25) is 18.1 Å². The lowest BCUT2D eigenvalue weighted by Gasteiger charge is -2.11. The maximum absolute atomic E-state index is 12.3. The quantitative estimate of drug-likeness (QED) is 0.743. The van der Waals surface area contributed by atoms with Gasteiger partial charge in [-0.3, -0.25) is 4.79 Å². The Bertz CT molecular complexity index is 845. The Labute approximate surface area is 144 Å². The van der Waals surface area contributed by atoms with Gasteiger partial charge in [-0.1, -0.05) is 11.2 Å². The lowest BCUT2D eigenvalue weighted by molar-refractivity contribution is -0.115. The van der Waals surface area contributed by atoms with Crippen molar-refractivity contribution in [2.45, 2.75) is 6.42 Å². The van der Waals surface area contributed by atoms with Gasteiger partial charge in [-0.05, 0) is 30.3 Å². The number of aromatic nitrogens is 2. The summed E-state index contributed by atoms with van der Waals surface area (Å²) in [6.45, 7) is 0. The van der Waals surface area contributed by atoms with E-state index in [1.807, 2.05) is 18.2 Å². The molecule has 0 atom stereocenters. The lowest BCUT2D eigenvalue weighted by atomic mass is 10.1. The van der Waals surface area contributed by atoms with Gasteiger partial charge >= 0.3 is 0 Å². The highest BCUT2D eigenvalue weighted by atomic mass is 16.5. The number of nitrogens with one attached hydrogen (secondary N) is 1. The SMILES string of the molecule is COc1ccc(CC(=O)Nc2ccc(-c3ncon3)cc2)c(OC)c1. The van der Waals surface area contributed by atoms with Crippen molar-refractivity contribution in [1.29, 1.82) is 0 Å². The number of methoxy groups -OCH3 is 2. The summed E-state index contributed by atoms with van der Waals surface area (Å²) >= 11 is 0. The highest BCUT2D eigenvalue weighted by Crippen LogP contribution is 2.25. The fourth-order valence-corrected chi connectivity index (χ4v) is 2.38. The van der Waals surface area contributed by atoms with Crippen molar-refractivity contribution in [3.63, 3.8) is 0 Å². The predicted molar refractivity (Wildman–Crippen MR) is 91.6 cm³/mol. The normalized spacial score (nSPS) is 10.3. The molecule has 7 heteroatoms. The molecular weight excluding hydrogens is 322 g/mol. The van der Waals surface area contributed by atoms with Crippen molar-refractivity contribution in [3.8, 4) is 22.9 Å². The molecule has 0 saturated carbocycles. The van der Waals surface area contributed by atoms with E-state index in [1.165, 1.54) is 6.39 Å². The van der Waals surface area contributed by atoms with Crippen LogP contribution in [0.2, 0.25) is 0 Å².